The summed E-state index contributed by atoms with van der Waals surface area (Å²) in [7, 11) is 0. The standard InChI is InChI=1S/C10H13N3O3/c14-9(15)6-1-2-11-8(3-6)7-4-12-10(16)13-5-7/h4-6,8,11H,1-3H2,(H,14,15)(H,12,13,16). The maximum atomic E-state index is 10.9. The number of hydrogen-bond acceptors (Lipinski definition) is 4. The Kier molecular flexibility index (Phi) is 3.00. The lowest BCUT2D eigenvalue weighted by Gasteiger charge is -2.27. The van der Waals surface area contributed by atoms with E-state index in [-0.39, 0.29) is 12.0 Å². The van der Waals surface area contributed by atoms with Crippen molar-refractivity contribution >= 4 is 5.97 Å². The molecule has 0 amide bonds. The molecule has 1 aliphatic heterocycles. The number of H-pyrrole nitrogens is 1. The largest absolute Gasteiger partial charge is 0.481 e. The lowest BCUT2D eigenvalue weighted by atomic mass is 9.90. The molecule has 1 saturated heterocycles. The van der Waals surface area contributed by atoms with Crippen LogP contribution in [0.4, 0.5) is 0 Å². The van der Waals surface area contributed by atoms with E-state index in [1.807, 2.05) is 0 Å². The predicted octanol–water partition coefficient (Wildman–Crippen LogP) is -0.105. The molecule has 2 heterocycles. The molecule has 0 spiro atoms. The highest BCUT2D eigenvalue weighted by Gasteiger charge is 2.27. The average molecular weight is 223 g/mol. The Hall–Kier alpha value is -1.69. The molecule has 86 valence electrons. The van der Waals surface area contributed by atoms with Crippen LogP contribution in [0.3, 0.4) is 0 Å². The maximum Gasteiger partial charge on any atom is 0.344 e. The summed E-state index contributed by atoms with van der Waals surface area (Å²) in [5.41, 5.74) is 0.430. The third-order valence-electron chi connectivity index (χ3n) is 2.85. The van der Waals surface area contributed by atoms with Crippen molar-refractivity contribution in [3.63, 3.8) is 0 Å². The van der Waals surface area contributed by atoms with E-state index in [9.17, 15) is 9.59 Å². The highest BCUT2D eigenvalue weighted by Crippen LogP contribution is 2.26. The normalized spacial score (nSPS) is 25.2. The van der Waals surface area contributed by atoms with Crippen molar-refractivity contribution in [3.05, 3.63) is 28.4 Å². The average Bonchev–Trinajstić information content (AvgIpc) is 2.30. The van der Waals surface area contributed by atoms with Crippen LogP contribution in [0.15, 0.2) is 17.2 Å². The summed E-state index contributed by atoms with van der Waals surface area (Å²) in [6, 6.07) is -0.0424. The van der Waals surface area contributed by atoms with Crippen molar-refractivity contribution in [3.8, 4) is 0 Å². The first-order chi connectivity index (χ1) is 7.66. The van der Waals surface area contributed by atoms with Crippen LogP contribution in [0.2, 0.25) is 0 Å². The van der Waals surface area contributed by atoms with E-state index in [1.165, 1.54) is 6.20 Å². The van der Waals surface area contributed by atoms with Gasteiger partial charge < -0.3 is 15.4 Å². The molecule has 2 atom stereocenters. The molecule has 1 aromatic heterocycles. The zero-order valence-electron chi connectivity index (χ0n) is 8.64. The fraction of sp³-hybridized carbons (Fsp3) is 0.500. The summed E-state index contributed by atoms with van der Waals surface area (Å²) < 4.78 is 0. The van der Waals surface area contributed by atoms with Gasteiger partial charge in [0.25, 0.3) is 0 Å². The minimum atomic E-state index is -0.760. The number of rotatable bonds is 2. The number of aromatic nitrogens is 2. The van der Waals surface area contributed by atoms with Gasteiger partial charge in [-0.05, 0) is 19.4 Å². The number of carboxylic acid groups (broad SMARTS) is 1. The summed E-state index contributed by atoms with van der Waals surface area (Å²) in [5, 5.41) is 12.2. The number of hydrogen-bond donors (Lipinski definition) is 3. The molecule has 2 unspecified atom stereocenters. The predicted molar refractivity (Wildman–Crippen MR) is 56.0 cm³/mol. The van der Waals surface area contributed by atoms with Crippen LogP contribution >= 0.6 is 0 Å². The van der Waals surface area contributed by atoms with Crippen LogP contribution in [-0.4, -0.2) is 27.6 Å². The smallest absolute Gasteiger partial charge is 0.344 e. The zero-order valence-corrected chi connectivity index (χ0v) is 8.64. The number of piperidine rings is 1. The van der Waals surface area contributed by atoms with E-state index in [1.54, 1.807) is 6.20 Å². The van der Waals surface area contributed by atoms with Crippen LogP contribution in [0.1, 0.15) is 24.4 Å². The molecular formula is C10H13N3O3. The quantitative estimate of drug-likeness (QED) is 0.650. The van der Waals surface area contributed by atoms with E-state index in [0.717, 1.165) is 5.56 Å². The molecule has 0 aromatic carbocycles. The van der Waals surface area contributed by atoms with E-state index in [2.05, 4.69) is 15.3 Å². The molecule has 0 saturated carbocycles. The lowest BCUT2D eigenvalue weighted by Crippen LogP contribution is -2.35. The minimum absolute atomic E-state index is 0.0424. The van der Waals surface area contributed by atoms with E-state index in [0.29, 0.717) is 19.4 Å². The van der Waals surface area contributed by atoms with Gasteiger partial charge in [0, 0.05) is 24.0 Å². The molecule has 3 N–H and O–H groups in total. The first-order valence-electron chi connectivity index (χ1n) is 5.17. The fourth-order valence-corrected chi connectivity index (χ4v) is 1.94. The third-order valence-corrected chi connectivity index (χ3v) is 2.85. The number of aromatic amines is 1. The van der Waals surface area contributed by atoms with Gasteiger partial charge in [-0.2, -0.15) is 0 Å². The van der Waals surface area contributed by atoms with Crippen LogP contribution in [0, 0.1) is 5.92 Å². The van der Waals surface area contributed by atoms with Crippen molar-refractivity contribution in [1.82, 2.24) is 15.3 Å². The Morgan fingerprint density at radius 2 is 2.38 bits per heavy atom. The highest BCUT2D eigenvalue weighted by molar-refractivity contribution is 5.70. The summed E-state index contributed by atoms with van der Waals surface area (Å²) in [6.07, 6.45) is 4.24. The Morgan fingerprint density at radius 1 is 1.56 bits per heavy atom. The van der Waals surface area contributed by atoms with Gasteiger partial charge in [-0.25, -0.2) is 9.78 Å². The van der Waals surface area contributed by atoms with Gasteiger partial charge in [0.2, 0.25) is 0 Å². The third kappa shape index (κ3) is 2.27. The van der Waals surface area contributed by atoms with Gasteiger partial charge in [-0.15, -0.1) is 0 Å². The van der Waals surface area contributed by atoms with E-state index in [4.69, 9.17) is 5.11 Å². The van der Waals surface area contributed by atoms with Gasteiger partial charge in [0.15, 0.2) is 0 Å². The van der Waals surface area contributed by atoms with Crippen molar-refractivity contribution in [2.45, 2.75) is 18.9 Å². The summed E-state index contributed by atoms with van der Waals surface area (Å²) in [4.78, 5) is 27.8. The fourth-order valence-electron chi connectivity index (χ4n) is 1.94. The Bertz CT molecular complexity index is 423. The van der Waals surface area contributed by atoms with Gasteiger partial charge >= 0.3 is 11.7 Å². The van der Waals surface area contributed by atoms with Crippen LogP contribution < -0.4 is 11.0 Å². The number of aliphatic carboxylic acids is 1. The second kappa shape index (κ2) is 4.44. The van der Waals surface area contributed by atoms with Crippen molar-refractivity contribution < 1.29 is 9.90 Å². The first-order valence-corrected chi connectivity index (χ1v) is 5.17. The molecule has 1 aromatic rings. The minimum Gasteiger partial charge on any atom is -0.481 e. The maximum absolute atomic E-state index is 10.9. The SMILES string of the molecule is O=C(O)C1CCNC(c2cnc(=O)[nH]c2)C1. The number of carbonyl (C=O) groups is 1. The highest BCUT2D eigenvalue weighted by atomic mass is 16.4. The number of nitrogens with one attached hydrogen (secondary N) is 2. The van der Waals surface area contributed by atoms with E-state index < -0.39 is 11.7 Å². The molecule has 16 heavy (non-hydrogen) atoms. The van der Waals surface area contributed by atoms with Crippen LogP contribution in [0.25, 0.3) is 0 Å². The summed E-state index contributed by atoms with van der Waals surface area (Å²) >= 11 is 0. The molecule has 1 fully saturated rings. The van der Waals surface area contributed by atoms with Gasteiger partial charge in [0.1, 0.15) is 0 Å². The van der Waals surface area contributed by atoms with Gasteiger partial charge in [-0.1, -0.05) is 0 Å². The molecule has 0 radical (unpaired) electrons. The second-order valence-corrected chi connectivity index (χ2v) is 3.92. The van der Waals surface area contributed by atoms with E-state index >= 15 is 0 Å². The Balaban J connectivity index is 2.12. The number of carboxylic acids is 1. The molecular weight excluding hydrogens is 210 g/mol. The molecule has 0 aliphatic carbocycles. The topological polar surface area (TPSA) is 95.1 Å². The van der Waals surface area contributed by atoms with Crippen molar-refractivity contribution in [2.24, 2.45) is 5.92 Å². The molecule has 0 bridgehead atoms. The Labute approximate surface area is 91.7 Å². The summed E-state index contributed by atoms with van der Waals surface area (Å²) in [6.45, 7) is 0.667. The molecule has 6 heteroatoms. The summed E-state index contributed by atoms with van der Waals surface area (Å²) in [5.74, 6) is -1.08. The monoisotopic (exact) mass is 223 g/mol. The van der Waals surface area contributed by atoms with Crippen molar-refractivity contribution in [1.29, 1.82) is 0 Å². The second-order valence-electron chi connectivity index (χ2n) is 3.92. The molecule has 6 nitrogen and oxygen atoms in total. The van der Waals surface area contributed by atoms with Gasteiger partial charge in [-0.3, -0.25) is 4.79 Å². The number of nitrogens with zero attached hydrogens (tertiary/aromatic N) is 1. The molecule has 1 aliphatic rings. The van der Waals surface area contributed by atoms with Crippen molar-refractivity contribution in [2.75, 3.05) is 6.54 Å². The van der Waals surface area contributed by atoms with Crippen LogP contribution in [0.5, 0.6) is 0 Å². The Morgan fingerprint density at radius 3 is 3.00 bits per heavy atom. The molecule has 2 rings (SSSR count). The lowest BCUT2D eigenvalue weighted by molar-refractivity contribution is -0.143. The van der Waals surface area contributed by atoms with Gasteiger partial charge in [0.05, 0.1) is 5.92 Å². The zero-order chi connectivity index (χ0) is 11.5. The van der Waals surface area contributed by atoms with Crippen LogP contribution in [-0.2, 0) is 4.79 Å². The first kappa shape index (κ1) is 10.8.